The van der Waals surface area contributed by atoms with Crippen LogP contribution in [0.5, 0.6) is 11.5 Å². The van der Waals surface area contributed by atoms with Gasteiger partial charge in [-0.1, -0.05) is 13.8 Å². The summed E-state index contributed by atoms with van der Waals surface area (Å²) in [7, 11) is 7.60. The number of ether oxygens (including phenoxy) is 2. The van der Waals surface area contributed by atoms with Crippen molar-refractivity contribution in [1.82, 2.24) is 15.5 Å². The van der Waals surface area contributed by atoms with Crippen LogP contribution < -0.4 is 20.1 Å². The lowest BCUT2D eigenvalue weighted by atomic mass is 9.93. The second kappa shape index (κ2) is 10.0. The number of hydrogen-bond acceptors (Lipinski definition) is 4. The summed E-state index contributed by atoms with van der Waals surface area (Å²) in [5.74, 6) is 2.44. The van der Waals surface area contributed by atoms with Crippen molar-refractivity contribution in [3.63, 3.8) is 0 Å². The van der Waals surface area contributed by atoms with E-state index in [2.05, 4.69) is 48.5 Å². The molecule has 136 valence electrons. The molecular weight excluding hydrogens is 304 g/mol. The van der Waals surface area contributed by atoms with Crippen LogP contribution in [0.1, 0.15) is 13.8 Å². The van der Waals surface area contributed by atoms with E-state index in [4.69, 9.17) is 9.47 Å². The SMILES string of the molecule is CN=C(NCCOc1ccc(OC)cc1)NCC(C)(C)CN(C)C. The zero-order chi connectivity index (χ0) is 18.0. The van der Waals surface area contributed by atoms with E-state index in [9.17, 15) is 0 Å². The van der Waals surface area contributed by atoms with Crippen molar-refractivity contribution in [2.45, 2.75) is 13.8 Å². The van der Waals surface area contributed by atoms with Gasteiger partial charge >= 0.3 is 0 Å². The molecule has 0 aliphatic rings. The topological polar surface area (TPSA) is 58.1 Å². The molecule has 1 aromatic carbocycles. The third-order valence-electron chi connectivity index (χ3n) is 3.42. The van der Waals surface area contributed by atoms with Crippen molar-refractivity contribution in [3.05, 3.63) is 24.3 Å². The normalized spacial score (nSPS) is 12.2. The minimum atomic E-state index is 0.167. The molecule has 2 N–H and O–H groups in total. The Bertz CT molecular complexity index is 498. The lowest BCUT2D eigenvalue weighted by Crippen LogP contribution is -2.45. The molecule has 0 saturated carbocycles. The van der Waals surface area contributed by atoms with Gasteiger partial charge in [0.2, 0.25) is 0 Å². The minimum absolute atomic E-state index is 0.167. The number of nitrogens with zero attached hydrogens (tertiary/aromatic N) is 2. The maximum absolute atomic E-state index is 5.69. The molecular formula is C18H32N4O2. The van der Waals surface area contributed by atoms with Gasteiger partial charge in [-0.25, -0.2) is 0 Å². The van der Waals surface area contributed by atoms with Gasteiger partial charge in [0.1, 0.15) is 18.1 Å². The number of benzene rings is 1. The first-order valence-corrected chi connectivity index (χ1v) is 8.22. The van der Waals surface area contributed by atoms with Crippen LogP contribution in [-0.4, -0.2) is 65.4 Å². The largest absolute Gasteiger partial charge is 0.497 e. The summed E-state index contributed by atoms with van der Waals surface area (Å²) in [4.78, 5) is 6.44. The molecule has 0 spiro atoms. The Labute approximate surface area is 146 Å². The summed E-state index contributed by atoms with van der Waals surface area (Å²) in [5.41, 5.74) is 0.167. The molecule has 0 unspecified atom stereocenters. The molecule has 6 nitrogen and oxygen atoms in total. The maximum atomic E-state index is 5.69. The Kier molecular flexibility index (Phi) is 8.40. The van der Waals surface area contributed by atoms with Crippen LogP contribution in [0.25, 0.3) is 0 Å². The molecule has 0 atom stereocenters. The van der Waals surface area contributed by atoms with Crippen molar-refractivity contribution >= 4 is 5.96 Å². The zero-order valence-electron chi connectivity index (χ0n) is 15.8. The van der Waals surface area contributed by atoms with Crippen molar-refractivity contribution in [2.75, 3.05) is 54.5 Å². The summed E-state index contributed by atoms with van der Waals surface area (Å²) >= 11 is 0. The molecule has 0 amide bonds. The lowest BCUT2D eigenvalue weighted by Gasteiger charge is -2.29. The summed E-state index contributed by atoms with van der Waals surface area (Å²) in [6.45, 7) is 7.58. The van der Waals surface area contributed by atoms with Gasteiger partial charge in [-0.2, -0.15) is 0 Å². The van der Waals surface area contributed by atoms with E-state index in [1.807, 2.05) is 24.3 Å². The minimum Gasteiger partial charge on any atom is -0.497 e. The molecule has 0 bridgehead atoms. The standard InChI is InChI=1S/C18H32N4O2/c1-18(2,14-22(4)5)13-21-17(19-3)20-11-12-24-16-9-7-15(23-6)8-10-16/h7-10H,11-14H2,1-6H3,(H2,19,20,21). The Morgan fingerprint density at radius 2 is 1.75 bits per heavy atom. The van der Waals surface area contributed by atoms with Crippen LogP contribution in [0.3, 0.4) is 0 Å². The van der Waals surface area contributed by atoms with Gasteiger partial charge in [-0.15, -0.1) is 0 Å². The average molecular weight is 336 g/mol. The number of rotatable bonds is 9. The smallest absolute Gasteiger partial charge is 0.191 e. The lowest BCUT2D eigenvalue weighted by molar-refractivity contribution is 0.241. The van der Waals surface area contributed by atoms with Crippen LogP contribution in [0.4, 0.5) is 0 Å². The number of aliphatic imine (C=N–C) groups is 1. The van der Waals surface area contributed by atoms with Crippen molar-refractivity contribution in [1.29, 1.82) is 0 Å². The molecule has 24 heavy (non-hydrogen) atoms. The van der Waals surface area contributed by atoms with Gasteiger partial charge in [0.05, 0.1) is 13.7 Å². The van der Waals surface area contributed by atoms with E-state index in [0.717, 1.165) is 30.5 Å². The third-order valence-corrected chi connectivity index (χ3v) is 3.42. The number of hydrogen-bond donors (Lipinski definition) is 2. The average Bonchev–Trinajstić information content (AvgIpc) is 2.53. The van der Waals surface area contributed by atoms with Gasteiger partial charge in [-0.3, -0.25) is 4.99 Å². The first kappa shape index (κ1) is 20.1. The summed E-state index contributed by atoms with van der Waals surface area (Å²) in [6.07, 6.45) is 0. The highest BCUT2D eigenvalue weighted by atomic mass is 16.5. The van der Waals surface area contributed by atoms with Gasteiger partial charge < -0.3 is 25.0 Å². The van der Waals surface area contributed by atoms with Crippen LogP contribution in [0.15, 0.2) is 29.3 Å². The fourth-order valence-electron chi connectivity index (χ4n) is 2.47. The number of methoxy groups -OCH3 is 1. The highest BCUT2D eigenvalue weighted by Crippen LogP contribution is 2.16. The number of nitrogens with one attached hydrogen (secondary N) is 2. The fourth-order valence-corrected chi connectivity index (χ4v) is 2.47. The van der Waals surface area contributed by atoms with Crippen LogP contribution >= 0.6 is 0 Å². The highest BCUT2D eigenvalue weighted by Gasteiger charge is 2.19. The Hall–Kier alpha value is -1.95. The third kappa shape index (κ3) is 8.06. The zero-order valence-corrected chi connectivity index (χ0v) is 15.8. The van der Waals surface area contributed by atoms with E-state index in [1.54, 1.807) is 14.2 Å². The molecule has 0 aliphatic heterocycles. The van der Waals surface area contributed by atoms with Crippen LogP contribution in [-0.2, 0) is 0 Å². The Morgan fingerprint density at radius 3 is 2.29 bits per heavy atom. The monoisotopic (exact) mass is 336 g/mol. The molecule has 0 heterocycles. The molecule has 6 heteroatoms. The predicted octanol–water partition coefficient (Wildman–Crippen LogP) is 1.83. The summed E-state index contributed by atoms with van der Waals surface area (Å²) in [6, 6.07) is 7.57. The molecule has 0 saturated heterocycles. The van der Waals surface area contributed by atoms with E-state index in [1.165, 1.54) is 0 Å². The van der Waals surface area contributed by atoms with Crippen LogP contribution in [0, 0.1) is 5.41 Å². The molecule has 0 radical (unpaired) electrons. The van der Waals surface area contributed by atoms with Gasteiger partial charge in [0.15, 0.2) is 5.96 Å². The van der Waals surface area contributed by atoms with Crippen molar-refractivity contribution in [3.8, 4) is 11.5 Å². The maximum Gasteiger partial charge on any atom is 0.191 e. The second-order valence-corrected chi connectivity index (χ2v) is 6.78. The van der Waals surface area contributed by atoms with Crippen molar-refractivity contribution in [2.24, 2.45) is 10.4 Å². The summed E-state index contributed by atoms with van der Waals surface area (Å²) < 4.78 is 10.8. The summed E-state index contributed by atoms with van der Waals surface area (Å²) in [5, 5.41) is 6.63. The molecule has 1 rings (SSSR count). The molecule has 1 aromatic rings. The highest BCUT2D eigenvalue weighted by molar-refractivity contribution is 5.79. The quantitative estimate of drug-likeness (QED) is 0.409. The first-order chi connectivity index (χ1) is 11.4. The van der Waals surface area contributed by atoms with Crippen LogP contribution in [0.2, 0.25) is 0 Å². The first-order valence-electron chi connectivity index (χ1n) is 8.22. The van der Waals surface area contributed by atoms with E-state index in [0.29, 0.717) is 13.2 Å². The van der Waals surface area contributed by atoms with Crippen molar-refractivity contribution < 1.29 is 9.47 Å². The van der Waals surface area contributed by atoms with Gasteiger partial charge in [0, 0.05) is 20.1 Å². The second-order valence-electron chi connectivity index (χ2n) is 6.78. The van der Waals surface area contributed by atoms with Gasteiger partial charge in [-0.05, 0) is 43.8 Å². The molecule has 0 aromatic heterocycles. The van der Waals surface area contributed by atoms with E-state index >= 15 is 0 Å². The van der Waals surface area contributed by atoms with Gasteiger partial charge in [0.25, 0.3) is 0 Å². The Morgan fingerprint density at radius 1 is 1.12 bits per heavy atom. The van der Waals surface area contributed by atoms with E-state index < -0.39 is 0 Å². The predicted molar refractivity (Wildman–Crippen MR) is 100 cm³/mol. The number of guanidine groups is 1. The Balaban J connectivity index is 2.28. The molecule has 0 fully saturated rings. The fraction of sp³-hybridized carbons (Fsp3) is 0.611. The molecule has 0 aliphatic carbocycles. The van der Waals surface area contributed by atoms with E-state index in [-0.39, 0.29) is 5.41 Å².